The molecule has 0 radical (unpaired) electrons. The number of carboxylic acids is 1. The van der Waals surface area contributed by atoms with E-state index in [0.29, 0.717) is 6.54 Å². The van der Waals surface area contributed by atoms with Crippen LogP contribution in [0.2, 0.25) is 0 Å². The summed E-state index contributed by atoms with van der Waals surface area (Å²) in [5, 5.41) is 8.59. The lowest BCUT2D eigenvalue weighted by Gasteiger charge is -2.30. The Balaban J connectivity index is 2.26. The number of piperidine rings is 1. The molecule has 1 unspecified atom stereocenters. The van der Waals surface area contributed by atoms with E-state index in [4.69, 9.17) is 16.6 Å². The zero-order chi connectivity index (χ0) is 9.84. The van der Waals surface area contributed by atoms with Gasteiger partial charge in [0.25, 0.3) is 0 Å². The molecule has 5 N–H and O–H groups in total. The van der Waals surface area contributed by atoms with E-state index in [-0.39, 0.29) is 6.04 Å². The third kappa shape index (κ3) is 3.30. The molecule has 1 aliphatic rings. The Morgan fingerprint density at radius 1 is 1.54 bits per heavy atom. The van der Waals surface area contributed by atoms with E-state index in [0.717, 1.165) is 25.9 Å². The molecule has 1 aliphatic heterocycles. The zero-order valence-electron chi connectivity index (χ0n) is 7.65. The molecule has 1 rings (SSSR count). The highest BCUT2D eigenvalue weighted by atomic mass is 16.4. The SMILES string of the molecule is NC1CCN(CC(N)C(=O)O)CC1. The van der Waals surface area contributed by atoms with E-state index in [1.54, 1.807) is 0 Å². The van der Waals surface area contributed by atoms with E-state index >= 15 is 0 Å². The van der Waals surface area contributed by atoms with Crippen molar-refractivity contribution in [2.45, 2.75) is 24.9 Å². The second-order valence-electron chi connectivity index (χ2n) is 3.58. The summed E-state index contributed by atoms with van der Waals surface area (Å²) in [7, 11) is 0. The van der Waals surface area contributed by atoms with Crippen molar-refractivity contribution in [3.8, 4) is 0 Å². The van der Waals surface area contributed by atoms with Crippen LogP contribution in [0.4, 0.5) is 0 Å². The van der Waals surface area contributed by atoms with Crippen LogP contribution in [0, 0.1) is 0 Å². The van der Waals surface area contributed by atoms with Crippen LogP contribution in [-0.2, 0) is 4.79 Å². The molecule has 5 nitrogen and oxygen atoms in total. The lowest BCUT2D eigenvalue weighted by Crippen LogP contribution is -2.47. The molecule has 0 bridgehead atoms. The zero-order valence-corrected chi connectivity index (χ0v) is 7.65. The molecule has 0 aromatic heterocycles. The molecule has 0 aliphatic carbocycles. The van der Waals surface area contributed by atoms with Crippen LogP contribution >= 0.6 is 0 Å². The minimum atomic E-state index is -0.935. The van der Waals surface area contributed by atoms with Gasteiger partial charge in [-0.2, -0.15) is 0 Å². The highest BCUT2D eigenvalue weighted by Crippen LogP contribution is 2.07. The fraction of sp³-hybridized carbons (Fsp3) is 0.875. The summed E-state index contributed by atoms with van der Waals surface area (Å²) in [5.41, 5.74) is 11.1. The van der Waals surface area contributed by atoms with Gasteiger partial charge in [0.05, 0.1) is 0 Å². The van der Waals surface area contributed by atoms with Crippen LogP contribution < -0.4 is 11.5 Å². The van der Waals surface area contributed by atoms with Crippen LogP contribution in [-0.4, -0.2) is 47.7 Å². The third-order valence-electron chi connectivity index (χ3n) is 2.40. The van der Waals surface area contributed by atoms with Crippen LogP contribution in [0.3, 0.4) is 0 Å². The van der Waals surface area contributed by atoms with Crippen molar-refractivity contribution in [3.05, 3.63) is 0 Å². The number of nitrogens with two attached hydrogens (primary N) is 2. The largest absolute Gasteiger partial charge is 0.480 e. The first kappa shape index (κ1) is 10.4. The summed E-state index contributed by atoms with van der Waals surface area (Å²) in [6, 6.07) is -0.494. The Morgan fingerprint density at radius 2 is 2.08 bits per heavy atom. The molecule has 5 heteroatoms. The number of hydrogen-bond donors (Lipinski definition) is 3. The fourth-order valence-electron chi connectivity index (χ4n) is 1.49. The third-order valence-corrected chi connectivity index (χ3v) is 2.40. The average molecular weight is 187 g/mol. The molecular formula is C8H17N3O2. The van der Waals surface area contributed by atoms with E-state index in [9.17, 15) is 4.79 Å². The van der Waals surface area contributed by atoms with E-state index < -0.39 is 12.0 Å². The predicted octanol–water partition coefficient (Wildman–Crippen LogP) is -1.18. The quantitative estimate of drug-likeness (QED) is 0.517. The van der Waals surface area contributed by atoms with Crippen LogP contribution in [0.1, 0.15) is 12.8 Å². The topological polar surface area (TPSA) is 92.6 Å². The van der Waals surface area contributed by atoms with Crippen LogP contribution in [0.15, 0.2) is 0 Å². The molecule has 1 fully saturated rings. The molecule has 76 valence electrons. The molecule has 0 aromatic carbocycles. The summed E-state index contributed by atoms with van der Waals surface area (Å²) < 4.78 is 0. The van der Waals surface area contributed by atoms with E-state index in [2.05, 4.69) is 4.90 Å². The molecule has 1 heterocycles. The minimum absolute atomic E-state index is 0.275. The van der Waals surface area contributed by atoms with Crippen molar-refractivity contribution < 1.29 is 9.90 Å². The number of aliphatic carboxylic acids is 1. The van der Waals surface area contributed by atoms with Crippen LogP contribution in [0.25, 0.3) is 0 Å². The second-order valence-corrected chi connectivity index (χ2v) is 3.58. The molecule has 1 atom stereocenters. The number of rotatable bonds is 3. The van der Waals surface area contributed by atoms with Crippen molar-refractivity contribution in [2.24, 2.45) is 11.5 Å². The monoisotopic (exact) mass is 187 g/mol. The number of carboxylic acid groups (broad SMARTS) is 1. The lowest BCUT2D eigenvalue weighted by molar-refractivity contribution is -0.139. The first-order chi connectivity index (χ1) is 6.09. The summed E-state index contributed by atoms with van der Waals surface area (Å²) in [6.45, 7) is 2.16. The van der Waals surface area contributed by atoms with Gasteiger partial charge in [0.15, 0.2) is 0 Å². The highest BCUT2D eigenvalue weighted by Gasteiger charge is 2.20. The van der Waals surface area contributed by atoms with Gasteiger partial charge in [-0.1, -0.05) is 0 Å². The van der Waals surface area contributed by atoms with Crippen molar-refractivity contribution in [1.29, 1.82) is 0 Å². The highest BCUT2D eigenvalue weighted by molar-refractivity contribution is 5.73. The van der Waals surface area contributed by atoms with E-state index in [1.807, 2.05) is 0 Å². The lowest BCUT2D eigenvalue weighted by atomic mass is 10.1. The fourth-order valence-corrected chi connectivity index (χ4v) is 1.49. The van der Waals surface area contributed by atoms with Gasteiger partial charge < -0.3 is 21.5 Å². The van der Waals surface area contributed by atoms with Gasteiger partial charge in [-0.3, -0.25) is 4.79 Å². The van der Waals surface area contributed by atoms with Gasteiger partial charge in [0.2, 0.25) is 0 Å². The molecule has 0 saturated carbocycles. The van der Waals surface area contributed by atoms with Crippen molar-refractivity contribution in [2.75, 3.05) is 19.6 Å². The Bertz CT molecular complexity index is 178. The summed E-state index contributed by atoms with van der Waals surface area (Å²) in [4.78, 5) is 12.5. The normalized spacial score (nSPS) is 22.9. The van der Waals surface area contributed by atoms with Crippen molar-refractivity contribution in [1.82, 2.24) is 4.90 Å². The maximum atomic E-state index is 10.5. The van der Waals surface area contributed by atoms with Gasteiger partial charge in [-0.25, -0.2) is 0 Å². The molecule has 13 heavy (non-hydrogen) atoms. The predicted molar refractivity (Wildman–Crippen MR) is 49.3 cm³/mol. The van der Waals surface area contributed by atoms with Gasteiger partial charge in [-0.05, 0) is 25.9 Å². The van der Waals surface area contributed by atoms with Gasteiger partial charge >= 0.3 is 5.97 Å². The molecule has 0 amide bonds. The Kier molecular flexibility index (Phi) is 3.65. The Labute approximate surface area is 77.7 Å². The van der Waals surface area contributed by atoms with Crippen molar-refractivity contribution in [3.63, 3.8) is 0 Å². The molecular weight excluding hydrogens is 170 g/mol. The maximum absolute atomic E-state index is 10.5. The standard InChI is InChI=1S/C8H17N3O2/c9-6-1-3-11(4-2-6)5-7(10)8(12)13/h6-7H,1-5,9-10H2,(H,12,13). The molecule has 0 aromatic rings. The second kappa shape index (κ2) is 4.55. The Morgan fingerprint density at radius 3 is 2.54 bits per heavy atom. The number of hydrogen-bond acceptors (Lipinski definition) is 4. The molecule has 0 spiro atoms. The smallest absolute Gasteiger partial charge is 0.321 e. The molecule has 1 saturated heterocycles. The van der Waals surface area contributed by atoms with Crippen molar-refractivity contribution >= 4 is 5.97 Å². The maximum Gasteiger partial charge on any atom is 0.321 e. The summed E-state index contributed by atoms with van der Waals surface area (Å²) in [5.74, 6) is -0.935. The van der Waals surface area contributed by atoms with Crippen LogP contribution in [0.5, 0.6) is 0 Å². The Hall–Kier alpha value is -0.650. The minimum Gasteiger partial charge on any atom is -0.480 e. The number of nitrogens with zero attached hydrogens (tertiary/aromatic N) is 1. The van der Waals surface area contributed by atoms with Gasteiger partial charge in [0.1, 0.15) is 6.04 Å². The van der Waals surface area contributed by atoms with E-state index in [1.165, 1.54) is 0 Å². The van der Waals surface area contributed by atoms with Gasteiger partial charge in [-0.15, -0.1) is 0 Å². The summed E-state index contributed by atoms with van der Waals surface area (Å²) in [6.07, 6.45) is 1.87. The number of carbonyl (C=O) groups is 1. The average Bonchev–Trinajstić information content (AvgIpc) is 2.08. The summed E-state index contributed by atoms with van der Waals surface area (Å²) >= 11 is 0. The first-order valence-electron chi connectivity index (χ1n) is 4.56. The first-order valence-corrected chi connectivity index (χ1v) is 4.56. The number of likely N-dealkylation sites (tertiary alicyclic amines) is 1. The van der Waals surface area contributed by atoms with Gasteiger partial charge in [0, 0.05) is 12.6 Å².